The third-order valence-corrected chi connectivity index (χ3v) is 6.51. The molecule has 2 heterocycles. The third-order valence-electron chi connectivity index (χ3n) is 5.66. The van der Waals surface area contributed by atoms with Crippen molar-refractivity contribution in [2.24, 2.45) is 5.92 Å². The van der Waals surface area contributed by atoms with Gasteiger partial charge in [-0.05, 0) is 39.0 Å². The van der Waals surface area contributed by atoms with Gasteiger partial charge in [-0.25, -0.2) is 0 Å². The van der Waals surface area contributed by atoms with Crippen LogP contribution < -0.4 is 5.32 Å². The standard InChI is InChI=1S/C18H34N2O6S/c1-5-6-10-7-11(20(3)8-10)17(25)19-12(9(2)21)16-14(23)13(22)15(24)18(26-16)27-4/h9-16,18,21-24H,5-8H2,1-4H3,(H,19,25)/t9-,10+,11+,12-,13+,14-,15+,16-,18+/m1/s1. The SMILES string of the molecule is CCC[C@H]1C[C@@H](C(=O)N[C@@H]([C@H]2O[C@@H](SC)[C@@H](O)[C@@H](O)[C@H]2O)[C@@H](C)O)N(C)C1. The van der Waals surface area contributed by atoms with E-state index >= 15 is 0 Å². The second-order valence-corrected chi connectivity index (χ2v) is 8.73. The van der Waals surface area contributed by atoms with E-state index in [1.807, 2.05) is 11.9 Å². The first kappa shape index (κ1) is 22.9. The van der Waals surface area contributed by atoms with Gasteiger partial charge in [0.2, 0.25) is 5.91 Å². The highest BCUT2D eigenvalue weighted by atomic mass is 32.2. The Labute approximate surface area is 165 Å². The van der Waals surface area contributed by atoms with Crippen LogP contribution in [0.25, 0.3) is 0 Å². The molecule has 1 amide bonds. The Morgan fingerprint density at radius 2 is 1.96 bits per heavy atom. The predicted molar refractivity (Wildman–Crippen MR) is 103 cm³/mol. The summed E-state index contributed by atoms with van der Waals surface area (Å²) in [4.78, 5) is 14.9. The van der Waals surface area contributed by atoms with Crippen LogP contribution in [0.5, 0.6) is 0 Å². The van der Waals surface area contributed by atoms with Crippen LogP contribution in [0.2, 0.25) is 0 Å². The molecular formula is C18H34N2O6S. The summed E-state index contributed by atoms with van der Waals surface area (Å²) in [7, 11) is 1.91. The fourth-order valence-corrected chi connectivity index (χ4v) is 4.81. The number of nitrogens with zero attached hydrogens (tertiary/aromatic N) is 1. The molecule has 0 radical (unpaired) electrons. The normalized spacial score (nSPS) is 39.9. The molecule has 2 fully saturated rings. The lowest BCUT2D eigenvalue weighted by atomic mass is 9.92. The average Bonchev–Trinajstić information content (AvgIpc) is 2.99. The summed E-state index contributed by atoms with van der Waals surface area (Å²) >= 11 is 1.20. The number of carbonyl (C=O) groups excluding carboxylic acids is 1. The van der Waals surface area contributed by atoms with Crippen molar-refractivity contribution in [2.75, 3.05) is 19.8 Å². The van der Waals surface area contributed by atoms with Crippen molar-refractivity contribution >= 4 is 17.7 Å². The molecule has 8 nitrogen and oxygen atoms in total. The number of aliphatic hydroxyl groups excluding tert-OH is 4. The zero-order chi connectivity index (χ0) is 20.3. The highest BCUT2D eigenvalue weighted by Gasteiger charge is 2.48. The molecule has 0 aromatic carbocycles. The second kappa shape index (κ2) is 9.87. The number of thioether (sulfide) groups is 1. The van der Waals surface area contributed by atoms with Gasteiger partial charge < -0.3 is 30.5 Å². The van der Waals surface area contributed by atoms with Crippen LogP contribution in [0.4, 0.5) is 0 Å². The van der Waals surface area contributed by atoms with Crippen LogP contribution >= 0.6 is 11.8 Å². The van der Waals surface area contributed by atoms with Gasteiger partial charge in [0.15, 0.2) is 0 Å². The van der Waals surface area contributed by atoms with Crippen LogP contribution in [0, 0.1) is 5.92 Å². The van der Waals surface area contributed by atoms with E-state index in [0.29, 0.717) is 5.92 Å². The van der Waals surface area contributed by atoms with E-state index in [9.17, 15) is 25.2 Å². The van der Waals surface area contributed by atoms with E-state index in [1.165, 1.54) is 18.7 Å². The van der Waals surface area contributed by atoms with Gasteiger partial charge in [0.05, 0.1) is 18.2 Å². The number of likely N-dealkylation sites (N-methyl/N-ethyl adjacent to an activating group) is 1. The number of hydrogen-bond acceptors (Lipinski definition) is 8. The van der Waals surface area contributed by atoms with Crippen molar-refractivity contribution in [3.8, 4) is 0 Å². The highest BCUT2D eigenvalue weighted by molar-refractivity contribution is 7.99. The van der Waals surface area contributed by atoms with E-state index in [0.717, 1.165) is 25.8 Å². The van der Waals surface area contributed by atoms with Crippen LogP contribution in [0.15, 0.2) is 0 Å². The smallest absolute Gasteiger partial charge is 0.237 e. The van der Waals surface area contributed by atoms with Gasteiger partial charge in [-0.2, -0.15) is 0 Å². The first-order valence-corrected chi connectivity index (χ1v) is 10.9. The average molecular weight is 407 g/mol. The van der Waals surface area contributed by atoms with Crippen molar-refractivity contribution in [2.45, 2.75) is 81.1 Å². The Morgan fingerprint density at radius 1 is 1.30 bits per heavy atom. The maximum atomic E-state index is 12.8. The molecule has 2 saturated heterocycles. The van der Waals surface area contributed by atoms with Crippen molar-refractivity contribution in [3.05, 3.63) is 0 Å². The molecule has 2 aliphatic heterocycles. The number of ether oxygens (including phenoxy) is 1. The van der Waals surface area contributed by atoms with Gasteiger partial charge in [-0.1, -0.05) is 13.3 Å². The van der Waals surface area contributed by atoms with E-state index in [-0.39, 0.29) is 11.9 Å². The molecule has 27 heavy (non-hydrogen) atoms. The van der Waals surface area contributed by atoms with Crippen molar-refractivity contribution in [3.63, 3.8) is 0 Å². The van der Waals surface area contributed by atoms with Crippen LogP contribution in [-0.4, -0.2) is 99.1 Å². The number of rotatable bonds is 7. The Hall–Kier alpha value is -0.420. The summed E-state index contributed by atoms with van der Waals surface area (Å²) < 4.78 is 5.72. The zero-order valence-electron chi connectivity index (χ0n) is 16.5. The van der Waals surface area contributed by atoms with Gasteiger partial charge in [0.25, 0.3) is 0 Å². The fourth-order valence-electron chi connectivity index (χ4n) is 4.13. The molecule has 5 N–H and O–H groups in total. The first-order chi connectivity index (χ1) is 12.7. The van der Waals surface area contributed by atoms with Crippen LogP contribution in [0.3, 0.4) is 0 Å². The largest absolute Gasteiger partial charge is 0.391 e. The summed E-state index contributed by atoms with van der Waals surface area (Å²) in [5.41, 5.74) is -0.755. The Bertz CT molecular complexity index is 494. The molecule has 0 saturated carbocycles. The van der Waals surface area contributed by atoms with Gasteiger partial charge in [-0.3, -0.25) is 9.69 Å². The molecule has 0 bridgehead atoms. The summed E-state index contributed by atoms with van der Waals surface area (Å²) in [6.45, 7) is 4.48. The lowest BCUT2D eigenvalue weighted by Gasteiger charge is -2.44. The van der Waals surface area contributed by atoms with Crippen LogP contribution in [-0.2, 0) is 9.53 Å². The Morgan fingerprint density at radius 3 is 2.52 bits per heavy atom. The maximum absolute atomic E-state index is 12.8. The molecule has 0 spiro atoms. The Kier molecular flexibility index (Phi) is 8.35. The van der Waals surface area contributed by atoms with E-state index in [1.54, 1.807) is 6.26 Å². The van der Waals surface area contributed by atoms with Crippen molar-refractivity contribution < 1.29 is 30.0 Å². The third kappa shape index (κ3) is 5.14. The summed E-state index contributed by atoms with van der Waals surface area (Å²) in [6, 6.07) is -1.20. The second-order valence-electron chi connectivity index (χ2n) is 7.80. The number of nitrogens with one attached hydrogen (secondary N) is 1. The van der Waals surface area contributed by atoms with Gasteiger partial charge in [0, 0.05) is 6.54 Å². The minimum absolute atomic E-state index is 0.223. The molecule has 2 rings (SSSR count). The predicted octanol–water partition coefficient (Wildman–Crippen LogP) is -0.857. The molecule has 2 aliphatic rings. The topological polar surface area (TPSA) is 122 Å². The molecule has 9 heteroatoms. The fraction of sp³-hybridized carbons (Fsp3) is 0.944. The number of amides is 1. The number of carbonyl (C=O) groups is 1. The van der Waals surface area contributed by atoms with E-state index < -0.39 is 42.0 Å². The Balaban J connectivity index is 2.09. The first-order valence-electron chi connectivity index (χ1n) is 9.62. The van der Waals surface area contributed by atoms with Crippen LogP contribution in [0.1, 0.15) is 33.1 Å². The van der Waals surface area contributed by atoms with Crippen molar-refractivity contribution in [1.82, 2.24) is 10.2 Å². The minimum Gasteiger partial charge on any atom is -0.391 e. The number of likely N-dealkylation sites (tertiary alicyclic amines) is 1. The van der Waals surface area contributed by atoms with E-state index in [4.69, 9.17) is 4.74 Å². The van der Waals surface area contributed by atoms with Gasteiger partial charge in [-0.15, -0.1) is 11.8 Å². The highest BCUT2D eigenvalue weighted by Crippen LogP contribution is 2.30. The monoisotopic (exact) mass is 406 g/mol. The molecule has 0 aliphatic carbocycles. The molecule has 0 aromatic rings. The number of aliphatic hydroxyl groups is 4. The zero-order valence-corrected chi connectivity index (χ0v) is 17.3. The molecule has 0 aromatic heterocycles. The van der Waals surface area contributed by atoms with Gasteiger partial charge in [0.1, 0.15) is 29.9 Å². The van der Waals surface area contributed by atoms with Gasteiger partial charge >= 0.3 is 0 Å². The molecule has 9 atom stereocenters. The lowest BCUT2D eigenvalue weighted by Crippen LogP contribution is -2.65. The minimum atomic E-state index is -1.42. The summed E-state index contributed by atoms with van der Waals surface area (Å²) in [5.74, 6) is 0.245. The summed E-state index contributed by atoms with van der Waals surface area (Å²) in [5, 5.41) is 43.5. The molecular weight excluding hydrogens is 372 g/mol. The summed E-state index contributed by atoms with van der Waals surface area (Å²) in [6.07, 6.45) is -1.50. The van der Waals surface area contributed by atoms with Crippen molar-refractivity contribution in [1.29, 1.82) is 0 Å². The quantitative estimate of drug-likeness (QED) is 0.370. The van der Waals surface area contributed by atoms with E-state index in [2.05, 4.69) is 12.2 Å². The lowest BCUT2D eigenvalue weighted by molar-refractivity contribution is -0.211. The number of hydrogen-bond donors (Lipinski definition) is 5. The maximum Gasteiger partial charge on any atom is 0.237 e. The molecule has 0 unspecified atom stereocenters. The molecule has 158 valence electrons.